The van der Waals surface area contributed by atoms with E-state index in [1.165, 1.54) is 24.3 Å². The second-order valence-electron chi connectivity index (χ2n) is 4.23. The smallest absolute Gasteiger partial charge is 0.319 e. The van der Waals surface area contributed by atoms with Crippen LogP contribution in [0, 0.1) is 5.82 Å². The third kappa shape index (κ3) is 4.09. The zero-order valence-corrected chi connectivity index (χ0v) is 10.5. The summed E-state index contributed by atoms with van der Waals surface area (Å²) >= 11 is 0. The first-order valence-electron chi connectivity index (χ1n) is 5.94. The van der Waals surface area contributed by atoms with Gasteiger partial charge in [0.15, 0.2) is 0 Å². The summed E-state index contributed by atoms with van der Waals surface area (Å²) in [5.41, 5.74) is 0.546. The molecule has 19 heavy (non-hydrogen) atoms. The molecule has 0 radical (unpaired) electrons. The Bertz CT molecular complexity index is 524. The quantitative estimate of drug-likeness (QED) is 0.887. The summed E-state index contributed by atoms with van der Waals surface area (Å²) < 4.78 is 14.4. The molecule has 0 saturated heterocycles. The molecule has 2 aromatic rings. The molecule has 100 valence electrons. The zero-order valence-electron chi connectivity index (χ0n) is 10.5. The maximum Gasteiger partial charge on any atom is 0.319 e. The molecule has 1 aromatic heterocycles. The molecule has 0 bridgehead atoms. The van der Waals surface area contributed by atoms with Crippen LogP contribution in [-0.2, 0) is 6.54 Å². The standard InChI is InChI=1S/C13H15FN4O/c1-10(9-18-8-2-7-15-18)16-13(19)17-12-5-3-11(14)4-6-12/h2-8,10H,9H2,1H3,(H2,16,17,19)/t10-/m1/s1. The van der Waals surface area contributed by atoms with Crippen molar-refractivity contribution in [3.05, 3.63) is 48.5 Å². The second kappa shape index (κ2) is 5.99. The highest BCUT2D eigenvalue weighted by Crippen LogP contribution is 2.07. The number of halogens is 1. The first kappa shape index (κ1) is 13.1. The fraction of sp³-hybridized carbons (Fsp3) is 0.231. The largest absolute Gasteiger partial charge is 0.334 e. The van der Waals surface area contributed by atoms with Crippen molar-refractivity contribution in [2.45, 2.75) is 19.5 Å². The van der Waals surface area contributed by atoms with Gasteiger partial charge in [-0.05, 0) is 37.3 Å². The number of hydrogen-bond acceptors (Lipinski definition) is 2. The number of anilines is 1. The van der Waals surface area contributed by atoms with Crippen LogP contribution in [0.4, 0.5) is 14.9 Å². The SMILES string of the molecule is C[C@H](Cn1cccn1)NC(=O)Nc1ccc(F)cc1. The molecule has 2 amide bonds. The molecule has 0 aliphatic rings. The lowest BCUT2D eigenvalue weighted by molar-refractivity contribution is 0.247. The summed E-state index contributed by atoms with van der Waals surface area (Å²) in [6.07, 6.45) is 3.52. The van der Waals surface area contributed by atoms with Crippen molar-refractivity contribution in [3.63, 3.8) is 0 Å². The number of amides is 2. The van der Waals surface area contributed by atoms with Crippen LogP contribution in [0.1, 0.15) is 6.92 Å². The van der Waals surface area contributed by atoms with Crippen LogP contribution < -0.4 is 10.6 Å². The van der Waals surface area contributed by atoms with Gasteiger partial charge in [0.1, 0.15) is 5.82 Å². The number of nitrogens with one attached hydrogen (secondary N) is 2. The summed E-state index contributed by atoms with van der Waals surface area (Å²) in [5, 5.41) is 9.47. The predicted molar refractivity (Wildman–Crippen MR) is 70.2 cm³/mol. The summed E-state index contributed by atoms with van der Waals surface area (Å²) in [7, 11) is 0. The van der Waals surface area contributed by atoms with Crippen LogP contribution >= 0.6 is 0 Å². The van der Waals surface area contributed by atoms with Gasteiger partial charge in [0.25, 0.3) is 0 Å². The summed E-state index contributed by atoms with van der Waals surface area (Å²) in [4.78, 5) is 11.7. The molecule has 2 N–H and O–H groups in total. The van der Waals surface area contributed by atoms with Crippen molar-refractivity contribution in [1.29, 1.82) is 0 Å². The molecule has 0 aliphatic carbocycles. The second-order valence-corrected chi connectivity index (χ2v) is 4.23. The van der Waals surface area contributed by atoms with E-state index >= 15 is 0 Å². The van der Waals surface area contributed by atoms with Crippen molar-refractivity contribution in [3.8, 4) is 0 Å². The van der Waals surface area contributed by atoms with Gasteiger partial charge in [0.05, 0.1) is 6.54 Å². The van der Waals surface area contributed by atoms with Gasteiger partial charge in [-0.2, -0.15) is 5.10 Å². The number of rotatable bonds is 4. The molecule has 6 heteroatoms. The van der Waals surface area contributed by atoms with E-state index in [0.29, 0.717) is 12.2 Å². The minimum atomic E-state index is -0.335. The van der Waals surface area contributed by atoms with Crippen LogP contribution in [0.2, 0.25) is 0 Å². The molecule has 0 aliphatic heterocycles. The normalized spacial score (nSPS) is 11.9. The van der Waals surface area contributed by atoms with E-state index < -0.39 is 0 Å². The Morgan fingerprint density at radius 2 is 2.16 bits per heavy atom. The minimum Gasteiger partial charge on any atom is -0.334 e. The fourth-order valence-electron chi connectivity index (χ4n) is 1.66. The van der Waals surface area contributed by atoms with E-state index in [2.05, 4.69) is 15.7 Å². The van der Waals surface area contributed by atoms with Crippen molar-refractivity contribution in [1.82, 2.24) is 15.1 Å². The lowest BCUT2D eigenvalue weighted by atomic mass is 10.3. The van der Waals surface area contributed by atoms with E-state index in [4.69, 9.17) is 0 Å². The zero-order chi connectivity index (χ0) is 13.7. The molecule has 0 spiro atoms. The van der Waals surface area contributed by atoms with Crippen molar-refractivity contribution in [2.75, 3.05) is 5.32 Å². The number of benzene rings is 1. The summed E-state index contributed by atoms with van der Waals surface area (Å²) in [6.45, 7) is 2.47. The van der Waals surface area contributed by atoms with Gasteiger partial charge >= 0.3 is 6.03 Å². The van der Waals surface area contributed by atoms with E-state index in [0.717, 1.165) is 0 Å². The number of carbonyl (C=O) groups is 1. The molecule has 2 rings (SSSR count). The lowest BCUT2D eigenvalue weighted by Crippen LogP contribution is -2.38. The number of carbonyl (C=O) groups excluding carboxylic acids is 1. The van der Waals surface area contributed by atoms with Gasteiger partial charge in [-0.1, -0.05) is 0 Å². The Morgan fingerprint density at radius 1 is 1.42 bits per heavy atom. The highest BCUT2D eigenvalue weighted by atomic mass is 19.1. The monoisotopic (exact) mass is 262 g/mol. The molecule has 1 heterocycles. The van der Waals surface area contributed by atoms with Crippen LogP contribution in [0.3, 0.4) is 0 Å². The van der Waals surface area contributed by atoms with Crippen molar-refractivity contribution in [2.24, 2.45) is 0 Å². The van der Waals surface area contributed by atoms with Gasteiger partial charge in [0.2, 0.25) is 0 Å². The fourth-order valence-corrected chi connectivity index (χ4v) is 1.66. The maximum atomic E-state index is 12.7. The van der Waals surface area contributed by atoms with Gasteiger partial charge in [0, 0.05) is 24.1 Å². The van der Waals surface area contributed by atoms with E-state index in [1.807, 2.05) is 19.2 Å². The highest BCUT2D eigenvalue weighted by molar-refractivity contribution is 5.89. The van der Waals surface area contributed by atoms with E-state index in [1.54, 1.807) is 10.9 Å². The third-order valence-corrected chi connectivity index (χ3v) is 2.50. The maximum absolute atomic E-state index is 12.7. The predicted octanol–water partition coefficient (Wildman–Crippen LogP) is 2.23. The van der Waals surface area contributed by atoms with Gasteiger partial charge < -0.3 is 10.6 Å². The van der Waals surface area contributed by atoms with Crippen LogP contribution in [0.25, 0.3) is 0 Å². The summed E-state index contributed by atoms with van der Waals surface area (Å²) in [5.74, 6) is -0.335. The lowest BCUT2D eigenvalue weighted by Gasteiger charge is -2.14. The minimum absolute atomic E-state index is 0.0691. The molecule has 1 aromatic carbocycles. The molecular weight excluding hydrogens is 247 g/mol. The number of nitrogens with zero attached hydrogens (tertiary/aromatic N) is 2. The van der Waals surface area contributed by atoms with Gasteiger partial charge in [-0.25, -0.2) is 9.18 Å². The average Bonchev–Trinajstić information content (AvgIpc) is 2.84. The van der Waals surface area contributed by atoms with Gasteiger partial charge in [-0.3, -0.25) is 4.68 Å². The van der Waals surface area contributed by atoms with Gasteiger partial charge in [-0.15, -0.1) is 0 Å². The first-order chi connectivity index (χ1) is 9.13. The Hall–Kier alpha value is -2.37. The Kier molecular flexibility index (Phi) is 4.12. The molecule has 5 nitrogen and oxygen atoms in total. The van der Waals surface area contributed by atoms with Crippen LogP contribution in [-0.4, -0.2) is 21.9 Å². The highest BCUT2D eigenvalue weighted by Gasteiger charge is 2.08. The summed E-state index contributed by atoms with van der Waals surface area (Å²) in [6, 6.07) is 7.03. The third-order valence-electron chi connectivity index (χ3n) is 2.50. The van der Waals surface area contributed by atoms with E-state index in [9.17, 15) is 9.18 Å². The average molecular weight is 262 g/mol. The Labute approximate surface area is 110 Å². The molecule has 1 atom stereocenters. The molecule has 0 fully saturated rings. The molecular formula is C13H15FN4O. The number of hydrogen-bond donors (Lipinski definition) is 2. The number of aromatic nitrogens is 2. The first-order valence-corrected chi connectivity index (χ1v) is 5.94. The van der Waals surface area contributed by atoms with Crippen LogP contribution in [0.5, 0.6) is 0 Å². The van der Waals surface area contributed by atoms with Crippen molar-refractivity contribution < 1.29 is 9.18 Å². The van der Waals surface area contributed by atoms with E-state index in [-0.39, 0.29) is 17.9 Å². The van der Waals surface area contributed by atoms with Crippen LogP contribution in [0.15, 0.2) is 42.7 Å². The molecule has 0 unspecified atom stereocenters. The molecule has 0 saturated carbocycles. The van der Waals surface area contributed by atoms with Crippen molar-refractivity contribution >= 4 is 11.7 Å². The Balaban J connectivity index is 1.82. The number of urea groups is 1. The Morgan fingerprint density at radius 3 is 2.79 bits per heavy atom. The topological polar surface area (TPSA) is 59.0 Å².